The van der Waals surface area contributed by atoms with E-state index in [0.717, 1.165) is 18.7 Å². The van der Waals surface area contributed by atoms with Gasteiger partial charge in [0, 0.05) is 23.1 Å². The summed E-state index contributed by atoms with van der Waals surface area (Å²) in [7, 11) is 2.04. The molecule has 0 amide bonds. The van der Waals surface area contributed by atoms with Crippen LogP contribution in [0.3, 0.4) is 0 Å². The summed E-state index contributed by atoms with van der Waals surface area (Å²) in [5.41, 5.74) is 1.99. The Morgan fingerprint density at radius 1 is 1.10 bits per heavy atom. The number of nitrogens with zero attached hydrogens (tertiary/aromatic N) is 1. The van der Waals surface area contributed by atoms with Crippen LogP contribution in [0.5, 0.6) is 0 Å². The number of benzene rings is 2. The highest BCUT2D eigenvalue weighted by molar-refractivity contribution is 6.35. The molecule has 2 rings (SSSR count). The molecule has 0 bridgehead atoms. The second kappa shape index (κ2) is 7.81. The third-order valence-corrected chi connectivity index (χ3v) is 3.96. The van der Waals surface area contributed by atoms with Gasteiger partial charge in [0.15, 0.2) is 0 Å². The molecule has 1 atom stereocenters. The van der Waals surface area contributed by atoms with Gasteiger partial charge in [0.1, 0.15) is 0 Å². The van der Waals surface area contributed by atoms with E-state index >= 15 is 0 Å². The van der Waals surface area contributed by atoms with E-state index in [9.17, 15) is 5.11 Å². The lowest BCUT2D eigenvalue weighted by atomic mass is 10.1. The van der Waals surface area contributed by atoms with Crippen molar-refractivity contribution in [1.82, 2.24) is 4.90 Å². The van der Waals surface area contributed by atoms with Gasteiger partial charge in [0.25, 0.3) is 0 Å². The Balaban J connectivity index is 1.87. The van der Waals surface area contributed by atoms with Crippen molar-refractivity contribution in [2.24, 2.45) is 0 Å². The summed E-state index contributed by atoms with van der Waals surface area (Å²) in [5.74, 6) is 0. The number of hydrogen-bond acceptors (Lipinski definition) is 2. The van der Waals surface area contributed by atoms with Crippen molar-refractivity contribution in [3.8, 4) is 0 Å². The van der Waals surface area contributed by atoms with E-state index in [-0.39, 0.29) is 0 Å². The summed E-state index contributed by atoms with van der Waals surface area (Å²) in [4.78, 5) is 2.18. The number of aliphatic hydroxyl groups is 1. The standard InChI is InChI=1S/C17H19Cl2NO/c1-20(12-13-5-3-2-4-6-13)10-9-17(21)15-8-7-14(18)11-16(15)19/h2-8,11,17,21H,9-10,12H2,1H3. The summed E-state index contributed by atoms with van der Waals surface area (Å²) < 4.78 is 0. The lowest BCUT2D eigenvalue weighted by Gasteiger charge is -2.19. The van der Waals surface area contributed by atoms with Gasteiger partial charge in [-0.1, -0.05) is 59.6 Å². The fourth-order valence-corrected chi connectivity index (χ4v) is 2.78. The summed E-state index contributed by atoms with van der Waals surface area (Å²) in [6, 6.07) is 15.5. The SMILES string of the molecule is CN(CCC(O)c1ccc(Cl)cc1Cl)Cc1ccccc1. The number of aliphatic hydroxyl groups excluding tert-OH is 1. The van der Waals surface area contributed by atoms with E-state index in [1.165, 1.54) is 5.56 Å². The molecule has 2 aromatic rings. The predicted molar refractivity (Wildman–Crippen MR) is 88.8 cm³/mol. The summed E-state index contributed by atoms with van der Waals surface area (Å²) in [6.07, 6.45) is 0.0537. The average Bonchev–Trinajstić information content (AvgIpc) is 2.46. The molecule has 0 aliphatic heterocycles. The number of halogens is 2. The maximum atomic E-state index is 10.3. The van der Waals surface area contributed by atoms with Crippen LogP contribution < -0.4 is 0 Å². The highest BCUT2D eigenvalue weighted by Gasteiger charge is 2.13. The van der Waals surface area contributed by atoms with E-state index in [2.05, 4.69) is 17.0 Å². The Hall–Kier alpha value is -1.06. The molecule has 21 heavy (non-hydrogen) atoms. The largest absolute Gasteiger partial charge is 0.388 e. The molecular formula is C17H19Cl2NO. The first-order valence-electron chi connectivity index (χ1n) is 6.92. The van der Waals surface area contributed by atoms with Crippen LogP contribution in [-0.4, -0.2) is 23.6 Å². The maximum absolute atomic E-state index is 10.3. The molecule has 4 heteroatoms. The molecule has 0 saturated heterocycles. The van der Waals surface area contributed by atoms with Crippen molar-refractivity contribution < 1.29 is 5.11 Å². The second-order valence-electron chi connectivity index (χ2n) is 5.19. The van der Waals surface area contributed by atoms with Crippen LogP contribution in [-0.2, 0) is 6.54 Å². The van der Waals surface area contributed by atoms with Gasteiger partial charge in [0.05, 0.1) is 6.10 Å². The monoisotopic (exact) mass is 323 g/mol. The molecule has 0 aromatic heterocycles. The van der Waals surface area contributed by atoms with Crippen molar-refractivity contribution >= 4 is 23.2 Å². The van der Waals surface area contributed by atoms with E-state index in [1.54, 1.807) is 18.2 Å². The van der Waals surface area contributed by atoms with Crippen LogP contribution in [0.15, 0.2) is 48.5 Å². The Bertz CT molecular complexity index is 574. The van der Waals surface area contributed by atoms with Gasteiger partial charge in [-0.2, -0.15) is 0 Å². The van der Waals surface area contributed by atoms with E-state index in [4.69, 9.17) is 23.2 Å². The minimum atomic E-state index is -0.576. The first-order chi connectivity index (χ1) is 10.1. The first kappa shape index (κ1) is 16.3. The van der Waals surface area contributed by atoms with Gasteiger partial charge in [-0.25, -0.2) is 0 Å². The maximum Gasteiger partial charge on any atom is 0.0816 e. The zero-order valence-electron chi connectivity index (χ0n) is 12.0. The van der Waals surface area contributed by atoms with Gasteiger partial charge < -0.3 is 10.0 Å². The number of rotatable bonds is 6. The number of hydrogen-bond donors (Lipinski definition) is 1. The molecule has 0 spiro atoms. The van der Waals surface area contributed by atoms with Gasteiger partial charge in [0.2, 0.25) is 0 Å². The van der Waals surface area contributed by atoms with Crippen LogP contribution in [0.25, 0.3) is 0 Å². The second-order valence-corrected chi connectivity index (χ2v) is 6.04. The van der Waals surface area contributed by atoms with Crippen LogP contribution >= 0.6 is 23.2 Å². The molecule has 2 nitrogen and oxygen atoms in total. The Morgan fingerprint density at radius 3 is 2.48 bits per heavy atom. The van der Waals surface area contributed by atoms with Crippen LogP contribution in [0.2, 0.25) is 10.0 Å². The van der Waals surface area contributed by atoms with E-state index in [0.29, 0.717) is 16.5 Å². The van der Waals surface area contributed by atoms with Gasteiger partial charge in [-0.15, -0.1) is 0 Å². The fraction of sp³-hybridized carbons (Fsp3) is 0.294. The van der Waals surface area contributed by atoms with Gasteiger partial charge in [-0.05, 0) is 36.7 Å². The predicted octanol–water partition coefficient (Wildman–Crippen LogP) is 4.55. The summed E-state index contributed by atoms with van der Waals surface area (Å²) >= 11 is 12.0. The van der Waals surface area contributed by atoms with Crippen LogP contribution in [0.4, 0.5) is 0 Å². The van der Waals surface area contributed by atoms with Crippen LogP contribution in [0, 0.1) is 0 Å². The van der Waals surface area contributed by atoms with Gasteiger partial charge >= 0.3 is 0 Å². The minimum absolute atomic E-state index is 0.515. The van der Waals surface area contributed by atoms with Crippen molar-refractivity contribution in [3.63, 3.8) is 0 Å². The lowest BCUT2D eigenvalue weighted by Crippen LogP contribution is -2.21. The fourth-order valence-electron chi connectivity index (χ4n) is 2.24. The van der Waals surface area contributed by atoms with Crippen molar-refractivity contribution in [3.05, 3.63) is 69.7 Å². The summed E-state index contributed by atoms with van der Waals surface area (Å²) in [6.45, 7) is 1.65. The van der Waals surface area contributed by atoms with Crippen LogP contribution in [0.1, 0.15) is 23.7 Å². The molecule has 1 unspecified atom stereocenters. The van der Waals surface area contributed by atoms with Crippen molar-refractivity contribution in [2.75, 3.05) is 13.6 Å². The summed E-state index contributed by atoms with van der Waals surface area (Å²) in [5, 5.41) is 11.3. The third kappa shape index (κ3) is 5.01. The molecule has 0 aliphatic carbocycles. The molecule has 112 valence electrons. The highest BCUT2D eigenvalue weighted by Crippen LogP contribution is 2.28. The molecule has 0 heterocycles. The molecule has 1 N–H and O–H groups in total. The van der Waals surface area contributed by atoms with Crippen molar-refractivity contribution in [1.29, 1.82) is 0 Å². The Labute approximate surface area is 135 Å². The van der Waals surface area contributed by atoms with E-state index < -0.39 is 6.10 Å². The van der Waals surface area contributed by atoms with E-state index in [1.807, 2.05) is 25.2 Å². The smallest absolute Gasteiger partial charge is 0.0816 e. The van der Waals surface area contributed by atoms with Crippen molar-refractivity contribution in [2.45, 2.75) is 19.1 Å². The Kier molecular flexibility index (Phi) is 6.07. The third-order valence-electron chi connectivity index (χ3n) is 3.40. The first-order valence-corrected chi connectivity index (χ1v) is 7.67. The quantitative estimate of drug-likeness (QED) is 0.843. The molecule has 2 aromatic carbocycles. The molecule has 0 fully saturated rings. The molecule has 0 saturated carbocycles. The molecular weight excluding hydrogens is 305 g/mol. The normalized spacial score (nSPS) is 12.6. The lowest BCUT2D eigenvalue weighted by molar-refractivity contribution is 0.148. The average molecular weight is 324 g/mol. The topological polar surface area (TPSA) is 23.5 Å². The minimum Gasteiger partial charge on any atom is -0.388 e. The molecule has 0 radical (unpaired) electrons. The highest BCUT2D eigenvalue weighted by atomic mass is 35.5. The van der Waals surface area contributed by atoms with Gasteiger partial charge in [-0.3, -0.25) is 0 Å². The zero-order chi connectivity index (χ0) is 15.2. The molecule has 0 aliphatic rings. The zero-order valence-corrected chi connectivity index (χ0v) is 13.5. The Morgan fingerprint density at radius 2 is 1.81 bits per heavy atom.